The number of hydrogen-bond donors (Lipinski definition) is 2. The van der Waals surface area contributed by atoms with Gasteiger partial charge in [-0.3, -0.25) is 14.8 Å². The minimum Gasteiger partial charge on any atom is -0.504 e. The van der Waals surface area contributed by atoms with Crippen molar-refractivity contribution in [3.63, 3.8) is 0 Å². The second-order valence-corrected chi connectivity index (χ2v) is 7.37. The average Bonchev–Trinajstić information content (AvgIpc) is 3.02. The minimum absolute atomic E-state index is 0.112. The van der Waals surface area contributed by atoms with Gasteiger partial charge in [-0.15, -0.1) is 0 Å². The van der Waals surface area contributed by atoms with Crippen molar-refractivity contribution in [2.45, 2.75) is 24.7 Å². The molecule has 0 bridgehead atoms. The lowest BCUT2D eigenvalue weighted by Crippen LogP contribution is -2.43. The van der Waals surface area contributed by atoms with E-state index in [2.05, 4.69) is 32.3 Å². The highest BCUT2D eigenvalue weighted by molar-refractivity contribution is 9.12. The van der Waals surface area contributed by atoms with E-state index >= 15 is 0 Å². The Morgan fingerprint density at radius 2 is 2.21 bits per heavy atom. The van der Waals surface area contributed by atoms with Crippen LogP contribution < -0.4 is 15.9 Å². The summed E-state index contributed by atoms with van der Waals surface area (Å²) >= 11 is 3.40. The van der Waals surface area contributed by atoms with Crippen molar-refractivity contribution in [1.82, 2.24) is 0 Å². The zero-order valence-corrected chi connectivity index (χ0v) is 14.4. The molecule has 2 N–H and O–H groups in total. The summed E-state index contributed by atoms with van der Waals surface area (Å²) in [4.78, 5) is 21.1. The number of hydrogen-bond acceptors (Lipinski definition) is 5. The fourth-order valence-corrected chi connectivity index (χ4v) is 4.69. The smallest absolute Gasteiger partial charge is 0.169 e. The molecule has 1 aliphatic carbocycles. The van der Waals surface area contributed by atoms with Crippen LogP contribution in [0.25, 0.3) is 5.57 Å². The molecule has 0 fully saturated rings. The molecule has 24 heavy (non-hydrogen) atoms. The number of benzene rings is 1. The standard InChI is InChI=1S/C18H14BrN3O2/c19-10-7-18(3-1-11(10)23)4-6-21-16-13(18)14-12-9(2-5-20-14)8-22-15(12)17(16)24/h4,6-8,21,24H,1-3,5H2. The number of nitrogens with zero attached hydrogens (tertiary/aromatic N) is 2. The first-order valence-electron chi connectivity index (χ1n) is 7.98. The molecule has 0 aromatic heterocycles. The molecule has 0 saturated heterocycles. The number of aromatic hydroxyl groups is 1. The summed E-state index contributed by atoms with van der Waals surface area (Å²) in [5.41, 5.74) is 2.90. The van der Waals surface area contributed by atoms with Crippen molar-refractivity contribution in [2.75, 3.05) is 11.9 Å². The minimum atomic E-state index is -0.441. The van der Waals surface area contributed by atoms with Crippen LogP contribution in [0.5, 0.6) is 5.75 Å². The molecule has 3 heterocycles. The van der Waals surface area contributed by atoms with Crippen LogP contribution in [-0.4, -0.2) is 23.6 Å². The summed E-state index contributed by atoms with van der Waals surface area (Å²) in [7, 11) is 0. The number of nitrogens with one attached hydrogen (secondary N) is 1. The summed E-state index contributed by atoms with van der Waals surface area (Å²) in [5.74, 6) is 0.276. The van der Waals surface area contributed by atoms with Crippen LogP contribution in [0.15, 0.2) is 32.8 Å². The van der Waals surface area contributed by atoms with Crippen LogP contribution in [-0.2, 0) is 10.2 Å². The van der Waals surface area contributed by atoms with Gasteiger partial charge in [0.2, 0.25) is 0 Å². The van der Waals surface area contributed by atoms with Gasteiger partial charge in [0.05, 0.1) is 15.5 Å². The SMILES string of the molecule is O=C1CCC2(C=CNc3c(O)c4c5c(c32)=NCCC=5C=N4)C=C1Br. The lowest BCUT2D eigenvalue weighted by atomic mass is 9.70. The maximum absolute atomic E-state index is 12.0. The molecule has 6 heteroatoms. The Morgan fingerprint density at radius 1 is 1.33 bits per heavy atom. The van der Waals surface area contributed by atoms with Crippen LogP contribution >= 0.6 is 15.9 Å². The van der Waals surface area contributed by atoms with Crippen LogP contribution in [0, 0.1) is 0 Å². The van der Waals surface area contributed by atoms with Crippen LogP contribution in [0.1, 0.15) is 24.8 Å². The van der Waals surface area contributed by atoms with Gasteiger partial charge >= 0.3 is 0 Å². The number of phenols is 1. The van der Waals surface area contributed by atoms with Crippen LogP contribution in [0.2, 0.25) is 0 Å². The summed E-state index contributed by atoms with van der Waals surface area (Å²) in [6.07, 6.45) is 9.66. The molecule has 5 nitrogen and oxygen atoms in total. The molecule has 5 rings (SSSR count). The quantitative estimate of drug-likeness (QED) is 0.673. The van der Waals surface area contributed by atoms with E-state index in [4.69, 9.17) is 4.99 Å². The molecule has 1 aromatic carbocycles. The third-order valence-electron chi connectivity index (χ3n) is 5.23. The lowest BCUT2D eigenvalue weighted by molar-refractivity contribution is -0.115. The molecule has 1 aromatic rings. The van der Waals surface area contributed by atoms with Gasteiger partial charge in [0.15, 0.2) is 11.5 Å². The number of carbonyl (C=O) groups excluding carboxylic acids is 1. The Balaban J connectivity index is 1.93. The summed E-state index contributed by atoms with van der Waals surface area (Å²) in [5, 5.41) is 15.8. The normalized spacial score (nSPS) is 26.0. The first-order valence-corrected chi connectivity index (χ1v) is 8.77. The van der Waals surface area contributed by atoms with Gasteiger partial charge in [0.25, 0.3) is 0 Å². The van der Waals surface area contributed by atoms with E-state index in [0.29, 0.717) is 35.2 Å². The Morgan fingerprint density at radius 3 is 3.04 bits per heavy atom. The number of Topliss-reactive ketones (excluding diaryl/α,β-unsaturated/α-hetero) is 1. The maximum Gasteiger partial charge on any atom is 0.169 e. The van der Waals surface area contributed by atoms with Crippen molar-refractivity contribution < 1.29 is 9.90 Å². The third-order valence-corrected chi connectivity index (χ3v) is 5.90. The predicted molar refractivity (Wildman–Crippen MR) is 95.6 cm³/mol. The molecule has 1 spiro atoms. The molecule has 0 radical (unpaired) electrons. The van der Waals surface area contributed by atoms with E-state index < -0.39 is 5.41 Å². The Bertz CT molecular complexity index is 1040. The summed E-state index contributed by atoms with van der Waals surface area (Å²) in [6, 6.07) is 0. The van der Waals surface area contributed by atoms with Gasteiger partial charge in [0.1, 0.15) is 5.69 Å². The van der Waals surface area contributed by atoms with E-state index in [1.807, 2.05) is 18.5 Å². The number of halogens is 1. The molecule has 120 valence electrons. The number of aliphatic imine (C=N–C) groups is 1. The van der Waals surface area contributed by atoms with E-state index in [-0.39, 0.29) is 11.5 Å². The fraction of sp³-hybridized carbons (Fsp3) is 0.278. The highest BCUT2D eigenvalue weighted by Gasteiger charge is 2.40. The molecule has 0 saturated carbocycles. The molecular formula is C18H14BrN3O2. The molecule has 1 atom stereocenters. The molecule has 0 amide bonds. The topological polar surface area (TPSA) is 74.0 Å². The number of phenolic OH excluding ortho intramolecular Hbond substituents is 1. The van der Waals surface area contributed by atoms with Gasteiger partial charge < -0.3 is 10.4 Å². The van der Waals surface area contributed by atoms with Crippen molar-refractivity contribution in [2.24, 2.45) is 9.98 Å². The van der Waals surface area contributed by atoms with Gasteiger partial charge in [-0.25, -0.2) is 0 Å². The van der Waals surface area contributed by atoms with Crippen molar-refractivity contribution in [3.8, 4) is 5.75 Å². The average molecular weight is 384 g/mol. The number of rotatable bonds is 0. The van der Waals surface area contributed by atoms with Gasteiger partial charge in [-0.1, -0.05) is 12.2 Å². The first-order chi connectivity index (χ1) is 11.6. The number of anilines is 1. The second-order valence-electron chi connectivity index (χ2n) is 6.52. The largest absolute Gasteiger partial charge is 0.504 e. The molecular weight excluding hydrogens is 370 g/mol. The Kier molecular flexibility index (Phi) is 2.75. The lowest BCUT2D eigenvalue weighted by Gasteiger charge is -2.36. The van der Waals surface area contributed by atoms with E-state index in [9.17, 15) is 9.90 Å². The van der Waals surface area contributed by atoms with Crippen molar-refractivity contribution in [3.05, 3.63) is 39.0 Å². The highest BCUT2D eigenvalue weighted by atomic mass is 79.9. The molecule has 4 aliphatic rings. The highest BCUT2D eigenvalue weighted by Crippen LogP contribution is 2.47. The fourth-order valence-electron chi connectivity index (χ4n) is 4.08. The van der Waals surface area contributed by atoms with Gasteiger partial charge in [0, 0.05) is 35.4 Å². The zero-order valence-electron chi connectivity index (χ0n) is 12.8. The van der Waals surface area contributed by atoms with Gasteiger partial charge in [-0.05, 0) is 40.5 Å². The van der Waals surface area contributed by atoms with Crippen molar-refractivity contribution in [1.29, 1.82) is 0 Å². The maximum atomic E-state index is 12.0. The zero-order chi connectivity index (χ0) is 16.5. The van der Waals surface area contributed by atoms with Crippen LogP contribution in [0.4, 0.5) is 11.4 Å². The molecule has 1 unspecified atom stereocenters. The monoisotopic (exact) mass is 383 g/mol. The summed E-state index contributed by atoms with van der Waals surface area (Å²) < 4.78 is 0.592. The molecule has 3 aliphatic heterocycles. The second kappa shape index (κ2) is 4.66. The number of fused-ring (bicyclic) bond motifs is 3. The predicted octanol–water partition coefficient (Wildman–Crippen LogP) is 2.10. The van der Waals surface area contributed by atoms with Gasteiger partial charge in [-0.2, -0.15) is 0 Å². The Hall–Kier alpha value is -2.21. The Labute approximate surface area is 146 Å². The van der Waals surface area contributed by atoms with Crippen molar-refractivity contribution >= 4 is 44.9 Å². The summed E-state index contributed by atoms with van der Waals surface area (Å²) in [6.45, 7) is 0.717. The van der Waals surface area contributed by atoms with E-state index in [1.165, 1.54) is 0 Å². The number of allylic oxidation sites excluding steroid dienone is 3. The van der Waals surface area contributed by atoms with Crippen LogP contribution in [0.3, 0.4) is 0 Å². The first kappa shape index (κ1) is 14.2. The number of ketones is 1. The number of carbonyl (C=O) groups is 1. The van der Waals surface area contributed by atoms with E-state index in [0.717, 1.165) is 28.1 Å². The third kappa shape index (κ3) is 1.66. The van der Waals surface area contributed by atoms with E-state index in [1.54, 1.807) is 0 Å².